The average Bonchev–Trinajstić information content (AvgIpc) is 2.95. The zero-order chi connectivity index (χ0) is 15.8. The fourth-order valence-corrected chi connectivity index (χ4v) is 2.53. The van der Waals surface area contributed by atoms with Gasteiger partial charge in [0.1, 0.15) is 11.6 Å². The largest absolute Gasteiger partial charge is 0.378 e. The van der Waals surface area contributed by atoms with Gasteiger partial charge in [-0.1, -0.05) is 0 Å². The van der Waals surface area contributed by atoms with Gasteiger partial charge in [-0.2, -0.15) is 5.26 Å². The van der Waals surface area contributed by atoms with Gasteiger partial charge in [0.25, 0.3) is 5.91 Å². The quantitative estimate of drug-likeness (QED) is 0.419. The lowest BCUT2D eigenvalue weighted by molar-refractivity contribution is -0.127. The van der Waals surface area contributed by atoms with Crippen molar-refractivity contribution in [2.24, 2.45) is 0 Å². The minimum absolute atomic E-state index is 0.110. The number of nitrogens with zero attached hydrogens (tertiary/aromatic N) is 3. The number of likely N-dealkylation sites (tertiary alicyclic amines) is 1. The molecule has 1 N–H and O–H groups in total. The van der Waals surface area contributed by atoms with Gasteiger partial charge in [-0.05, 0) is 12.8 Å². The fourth-order valence-electron chi connectivity index (χ4n) is 2.53. The predicted molar refractivity (Wildman–Crippen MR) is 79.5 cm³/mol. The zero-order valence-electron chi connectivity index (χ0n) is 12.7. The first-order valence-corrected chi connectivity index (χ1v) is 7.70. The Kier molecular flexibility index (Phi) is 6.22. The van der Waals surface area contributed by atoms with Gasteiger partial charge >= 0.3 is 0 Å². The molecule has 7 heteroatoms. The summed E-state index contributed by atoms with van der Waals surface area (Å²) >= 11 is 0. The normalized spacial score (nSPS) is 19.2. The number of ether oxygens (including phenoxy) is 1. The van der Waals surface area contributed by atoms with Crippen LogP contribution in [0, 0.1) is 11.3 Å². The summed E-state index contributed by atoms with van der Waals surface area (Å²) in [7, 11) is 0. The van der Waals surface area contributed by atoms with Crippen molar-refractivity contribution in [3.8, 4) is 6.07 Å². The van der Waals surface area contributed by atoms with E-state index in [4.69, 9.17) is 10.00 Å². The summed E-state index contributed by atoms with van der Waals surface area (Å²) in [4.78, 5) is 27.2. The highest BCUT2D eigenvalue weighted by Crippen LogP contribution is 2.09. The van der Waals surface area contributed by atoms with E-state index in [9.17, 15) is 9.59 Å². The molecule has 0 aromatic heterocycles. The monoisotopic (exact) mass is 306 g/mol. The first-order valence-electron chi connectivity index (χ1n) is 7.70. The molecule has 22 heavy (non-hydrogen) atoms. The van der Waals surface area contributed by atoms with Crippen LogP contribution in [0.3, 0.4) is 0 Å². The van der Waals surface area contributed by atoms with Gasteiger partial charge in [0, 0.05) is 45.3 Å². The number of hydrogen-bond donors (Lipinski definition) is 1. The van der Waals surface area contributed by atoms with Crippen molar-refractivity contribution in [2.45, 2.75) is 19.3 Å². The maximum Gasteiger partial charge on any atom is 0.263 e. The molecule has 0 saturated carbocycles. The Morgan fingerprint density at radius 3 is 2.77 bits per heavy atom. The molecule has 120 valence electrons. The molecular weight excluding hydrogens is 284 g/mol. The number of nitriles is 1. The third-order valence-electron chi connectivity index (χ3n) is 3.78. The summed E-state index contributed by atoms with van der Waals surface area (Å²) in [5, 5.41) is 11.8. The average molecular weight is 306 g/mol. The summed E-state index contributed by atoms with van der Waals surface area (Å²) in [6.45, 7) is 4.54. The minimum Gasteiger partial charge on any atom is -0.378 e. The van der Waals surface area contributed by atoms with Crippen LogP contribution < -0.4 is 5.32 Å². The molecule has 0 unspecified atom stereocenters. The summed E-state index contributed by atoms with van der Waals surface area (Å²) in [5.74, 6) is -0.169. The van der Waals surface area contributed by atoms with E-state index in [0.717, 1.165) is 13.0 Å². The van der Waals surface area contributed by atoms with E-state index in [2.05, 4.69) is 5.32 Å². The van der Waals surface area contributed by atoms with E-state index >= 15 is 0 Å². The van der Waals surface area contributed by atoms with E-state index in [1.165, 1.54) is 0 Å². The first kappa shape index (κ1) is 16.3. The predicted octanol–water partition coefficient (Wildman–Crippen LogP) is -0.145. The van der Waals surface area contributed by atoms with Crippen molar-refractivity contribution in [1.82, 2.24) is 15.1 Å². The Labute approximate surface area is 130 Å². The van der Waals surface area contributed by atoms with Gasteiger partial charge in [0.2, 0.25) is 5.91 Å². The molecule has 2 amide bonds. The van der Waals surface area contributed by atoms with Crippen LogP contribution in [0.4, 0.5) is 0 Å². The van der Waals surface area contributed by atoms with Crippen LogP contribution in [0.5, 0.6) is 0 Å². The van der Waals surface area contributed by atoms with Crippen molar-refractivity contribution in [2.75, 3.05) is 45.9 Å². The summed E-state index contributed by atoms with van der Waals surface area (Å²) in [6, 6.07) is 1.94. The van der Waals surface area contributed by atoms with Crippen molar-refractivity contribution >= 4 is 11.8 Å². The number of hydrogen-bond acceptors (Lipinski definition) is 5. The second-order valence-corrected chi connectivity index (χ2v) is 5.40. The Hall–Kier alpha value is -2.07. The van der Waals surface area contributed by atoms with Crippen molar-refractivity contribution in [1.29, 1.82) is 5.26 Å². The lowest BCUT2D eigenvalue weighted by atomic mass is 10.2. The molecule has 2 saturated heterocycles. The molecule has 2 fully saturated rings. The van der Waals surface area contributed by atoms with Gasteiger partial charge < -0.3 is 19.9 Å². The molecule has 0 spiro atoms. The molecule has 2 heterocycles. The SMILES string of the molecule is N#C/C(=C/N1CCOCC1)C(=O)NCCCN1CCCC1=O. The second-order valence-electron chi connectivity index (χ2n) is 5.40. The van der Waals surface area contributed by atoms with Crippen LogP contribution in [-0.4, -0.2) is 67.6 Å². The number of rotatable bonds is 6. The standard InChI is InChI=1S/C15H22N4O3/c16-11-13(12-18-7-9-22-10-8-18)15(21)17-4-2-6-19-5-1-3-14(19)20/h12H,1-10H2,(H,17,21)/b13-12-. The highest BCUT2D eigenvalue weighted by molar-refractivity contribution is 5.97. The van der Waals surface area contributed by atoms with Crippen molar-refractivity contribution in [3.05, 3.63) is 11.8 Å². The molecule has 7 nitrogen and oxygen atoms in total. The van der Waals surface area contributed by atoms with Gasteiger partial charge in [-0.3, -0.25) is 9.59 Å². The van der Waals surface area contributed by atoms with Gasteiger partial charge in [-0.15, -0.1) is 0 Å². The smallest absolute Gasteiger partial charge is 0.263 e. The molecule has 0 radical (unpaired) electrons. The van der Waals surface area contributed by atoms with Crippen molar-refractivity contribution in [3.63, 3.8) is 0 Å². The molecular formula is C15H22N4O3. The molecule has 0 atom stereocenters. The van der Waals surface area contributed by atoms with Crippen LogP contribution in [0.2, 0.25) is 0 Å². The zero-order valence-corrected chi connectivity index (χ0v) is 12.7. The third kappa shape index (κ3) is 4.74. The van der Waals surface area contributed by atoms with Gasteiger partial charge in [-0.25, -0.2) is 0 Å². The van der Waals surface area contributed by atoms with E-state index < -0.39 is 0 Å². The van der Waals surface area contributed by atoms with E-state index in [1.807, 2.05) is 15.9 Å². The van der Waals surface area contributed by atoms with E-state index in [0.29, 0.717) is 52.2 Å². The van der Waals surface area contributed by atoms with Gasteiger partial charge in [0.05, 0.1) is 13.2 Å². The molecule has 2 rings (SSSR count). The number of nitrogens with one attached hydrogen (secondary N) is 1. The fraction of sp³-hybridized carbons (Fsp3) is 0.667. The number of morpholine rings is 1. The first-order chi connectivity index (χ1) is 10.7. The Bertz CT molecular complexity index is 478. The minimum atomic E-state index is -0.359. The summed E-state index contributed by atoms with van der Waals surface area (Å²) in [6.07, 6.45) is 3.86. The highest BCUT2D eigenvalue weighted by Gasteiger charge is 2.19. The van der Waals surface area contributed by atoms with E-state index in [-0.39, 0.29) is 17.4 Å². The number of carbonyl (C=O) groups is 2. The third-order valence-corrected chi connectivity index (χ3v) is 3.78. The topological polar surface area (TPSA) is 85.7 Å². The second kappa shape index (κ2) is 8.39. The Morgan fingerprint density at radius 1 is 1.36 bits per heavy atom. The van der Waals surface area contributed by atoms with Crippen molar-refractivity contribution < 1.29 is 14.3 Å². The summed E-state index contributed by atoms with van der Waals surface area (Å²) < 4.78 is 5.23. The molecule has 2 aliphatic rings. The maximum atomic E-state index is 12.0. The Balaban J connectivity index is 1.71. The van der Waals surface area contributed by atoms with Crippen LogP contribution in [-0.2, 0) is 14.3 Å². The summed E-state index contributed by atoms with van der Waals surface area (Å²) in [5.41, 5.74) is 0.110. The molecule has 0 bridgehead atoms. The highest BCUT2D eigenvalue weighted by atomic mass is 16.5. The van der Waals surface area contributed by atoms with Gasteiger partial charge in [0.15, 0.2) is 0 Å². The van der Waals surface area contributed by atoms with Crippen LogP contribution >= 0.6 is 0 Å². The van der Waals surface area contributed by atoms with Crippen LogP contribution in [0.1, 0.15) is 19.3 Å². The molecule has 0 aromatic carbocycles. The lowest BCUT2D eigenvalue weighted by Gasteiger charge is -2.25. The van der Waals surface area contributed by atoms with E-state index in [1.54, 1.807) is 6.20 Å². The number of carbonyl (C=O) groups excluding carboxylic acids is 2. The maximum absolute atomic E-state index is 12.0. The molecule has 2 aliphatic heterocycles. The molecule has 0 aromatic rings. The van der Waals surface area contributed by atoms with Crippen LogP contribution in [0.15, 0.2) is 11.8 Å². The Morgan fingerprint density at radius 2 is 2.14 bits per heavy atom. The lowest BCUT2D eigenvalue weighted by Crippen LogP contribution is -2.34. The van der Waals surface area contributed by atoms with Crippen LogP contribution in [0.25, 0.3) is 0 Å². The molecule has 0 aliphatic carbocycles. The number of amides is 2.